The number of ketones is 1. The average Bonchev–Trinajstić information content (AvgIpc) is 2.70. The molecule has 0 radical (unpaired) electrons. The van der Waals surface area contributed by atoms with Crippen molar-refractivity contribution in [1.29, 1.82) is 0 Å². The molecule has 0 saturated carbocycles. The van der Waals surface area contributed by atoms with Crippen molar-refractivity contribution in [2.45, 2.75) is 16.9 Å². The van der Waals surface area contributed by atoms with Gasteiger partial charge in [0.05, 0.1) is 9.09 Å². The van der Waals surface area contributed by atoms with Gasteiger partial charge >= 0.3 is 0 Å². The second-order valence-electron chi connectivity index (χ2n) is 3.72. The highest BCUT2D eigenvalue weighted by atomic mass is 127. The van der Waals surface area contributed by atoms with Gasteiger partial charge in [0.2, 0.25) is 0 Å². The highest BCUT2D eigenvalue weighted by Gasteiger charge is 2.10. The fourth-order valence-corrected chi connectivity index (χ4v) is 4.85. The number of hydrogen-bond donors (Lipinski definition) is 0. The molecule has 1 aromatic heterocycles. The monoisotopic (exact) mass is 408 g/mol. The van der Waals surface area contributed by atoms with Gasteiger partial charge in [-0.3, -0.25) is 4.79 Å². The third-order valence-electron chi connectivity index (χ3n) is 2.29. The van der Waals surface area contributed by atoms with Crippen molar-refractivity contribution in [2.75, 3.05) is 0 Å². The molecule has 0 atom stereocenters. The van der Waals surface area contributed by atoms with E-state index in [0.717, 1.165) is 19.2 Å². The third kappa shape index (κ3) is 3.73. The molecule has 18 heavy (non-hydrogen) atoms. The Morgan fingerprint density at radius 3 is 2.61 bits per heavy atom. The van der Waals surface area contributed by atoms with E-state index in [-0.39, 0.29) is 5.78 Å². The molecule has 0 saturated heterocycles. The third-order valence-corrected chi connectivity index (χ3v) is 6.71. The van der Waals surface area contributed by atoms with Crippen LogP contribution in [0.4, 0.5) is 0 Å². The van der Waals surface area contributed by atoms with Crippen molar-refractivity contribution in [2.24, 2.45) is 0 Å². The molecule has 5 heteroatoms. The van der Waals surface area contributed by atoms with E-state index < -0.39 is 0 Å². The summed E-state index contributed by atoms with van der Waals surface area (Å²) in [4.78, 5) is 12.1. The maximum atomic E-state index is 11.3. The van der Waals surface area contributed by atoms with Gasteiger partial charge in [0.1, 0.15) is 0 Å². The zero-order valence-corrected chi connectivity index (χ0v) is 14.1. The normalized spacial score (nSPS) is 10.6. The molecule has 0 aliphatic rings. The maximum Gasteiger partial charge on any atom is 0.169 e. The molecule has 1 nitrogen and oxygen atoms in total. The molecule has 0 spiro atoms. The van der Waals surface area contributed by atoms with Gasteiger partial charge in [-0.25, -0.2) is 0 Å². The molecule has 0 aliphatic carbocycles. The molecule has 0 bridgehead atoms. The second-order valence-corrected chi connectivity index (χ2v) is 7.61. The average molecular weight is 409 g/mol. The Morgan fingerprint density at radius 1 is 1.39 bits per heavy atom. The van der Waals surface area contributed by atoms with Gasteiger partial charge in [-0.1, -0.05) is 23.7 Å². The van der Waals surface area contributed by atoms with Gasteiger partial charge in [-0.2, -0.15) is 0 Å². The highest BCUT2D eigenvalue weighted by Crippen LogP contribution is 2.35. The Morgan fingerprint density at radius 2 is 2.06 bits per heavy atom. The summed E-state index contributed by atoms with van der Waals surface area (Å²) in [6.07, 6.45) is 0. The van der Waals surface area contributed by atoms with Crippen LogP contribution in [-0.2, 0) is 5.75 Å². The molecular weight excluding hydrogens is 399 g/mol. The van der Waals surface area contributed by atoms with Gasteiger partial charge in [-0.15, -0.1) is 23.1 Å². The summed E-state index contributed by atoms with van der Waals surface area (Å²) in [7, 11) is 0. The predicted octanol–water partition coefficient (Wildman–Crippen LogP) is 5.50. The largest absolute Gasteiger partial charge is 0.294 e. The van der Waals surface area contributed by atoms with Gasteiger partial charge in [0.15, 0.2) is 5.78 Å². The van der Waals surface area contributed by atoms with Crippen LogP contribution in [0.5, 0.6) is 0 Å². The smallest absolute Gasteiger partial charge is 0.169 e. The van der Waals surface area contributed by atoms with Crippen LogP contribution < -0.4 is 0 Å². The first-order chi connectivity index (χ1) is 8.56. The van der Waals surface area contributed by atoms with Crippen LogP contribution in [0.25, 0.3) is 0 Å². The van der Waals surface area contributed by atoms with Crippen LogP contribution in [0.3, 0.4) is 0 Å². The van der Waals surface area contributed by atoms with Crippen molar-refractivity contribution in [3.05, 3.63) is 49.4 Å². The number of rotatable bonds is 4. The minimum Gasteiger partial charge on any atom is -0.294 e. The minimum atomic E-state index is 0.135. The van der Waals surface area contributed by atoms with Crippen molar-refractivity contribution in [3.8, 4) is 0 Å². The van der Waals surface area contributed by atoms with Gasteiger partial charge in [-0.05, 0) is 53.3 Å². The molecule has 0 aliphatic heterocycles. The fourth-order valence-electron chi connectivity index (χ4n) is 1.35. The van der Waals surface area contributed by atoms with Crippen LogP contribution in [0.15, 0.2) is 34.5 Å². The van der Waals surface area contributed by atoms with Crippen molar-refractivity contribution in [1.82, 2.24) is 0 Å². The number of thioether (sulfide) groups is 1. The zero-order chi connectivity index (χ0) is 13.1. The standard InChI is InChI=1S/C13H10ClIOS2/c1-8(16)12-6-11(15)13(18-12)17-7-9-2-4-10(14)5-3-9/h2-6H,7H2,1H3. The summed E-state index contributed by atoms with van der Waals surface area (Å²) >= 11 is 11.5. The Hall–Kier alpha value is -0.0400. The number of Topliss-reactive ketones (excluding diaryl/α,β-unsaturated/α-hetero) is 1. The van der Waals surface area contributed by atoms with E-state index in [1.54, 1.807) is 30.0 Å². The van der Waals surface area contributed by atoms with E-state index in [1.165, 1.54) is 9.77 Å². The van der Waals surface area contributed by atoms with Crippen molar-refractivity contribution < 1.29 is 4.79 Å². The lowest BCUT2D eigenvalue weighted by Crippen LogP contribution is -1.83. The summed E-state index contributed by atoms with van der Waals surface area (Å²) < 4.78 is 2.36. The molecular formula is C13H10ClIOS2. The number of thiophene rings is 1. The van der Waals surface area contributed by atoms with Crippen molar-refractivity contribution in [3.63, 3.8) is 0 Å². The van der Waals surface area contributed by atoms with Gasteiger partial charge in [0.25, 0.3) is 0 Å². The number of hydrogen-bond acceptors (Lipinski definition) is 3. The predicted molar refractivity (Wildman–Crippen MR) is 88.1 cm³/mol. The number of carbonyl (C=O) groups excluding carboxylic acids is 1. The highest BCUT2D eigenvalue weighted by molar-refractivity contribution is 14.1. The molecule has 0 unspecified atom stereocenters. The van der Waals surface area contributed by atoms with E-state index in [1.807, 2.05) is 30.3 Å². The van der Waals surface area contributed by atoms with E-state index in [4.69, 9.17) is 11.6 Å². The summed E-state index contributed by atoms with van der Waals surface area (Å²) in [5.74, 6) is 1.03. The quantitative estimate of drug-likeness (QED) is 0.377. The lowest BCUT2D eigenvalue weighted by molar-refractivity contribution is 0.102. The molecule has 1 heterocycles. The van der Waals surface area contributed by atoms with Crippen LogP contribution in [0.2, 0.25) is 5.02 Å². The first-order valence-electron chi connectivity index (χ1n) is 5.24. The number of benzene rings is 1. The molecule has 1 aromatic carbocycles. The van der Waals surface area contributed by atoms with E-state index >= 15 is 0 Å². The Bertz CT molecular complexity index is 563. The van der Waals surface area contributed by atoms with E-state index in [2.05, 4.69) is 22.6 Å². The van der Waals surface area contributed by atoms with Crippen LogP contribution in [0, 0.1) is 3.57 Å². The molecule has 2 rings (SSSR count). The van der Waals surface area contributed by atoms with Crippen LogP contribution in [-0.4, -0.2) is 5.78 Å². The zero-order valence-electron chi connectivity index (χ0n) is 9.57. The molecule has 94 valence electrons. The topological polar surface area (TPSA) is 17.1 Å². The molecule has 2 aromatic rings. The van der Waals surface area contributed by atoms with Gasteiger partial charge in [0, 0.05) is 14.3 Å². The van der Waals surface area contributed by atoms with Crippen LogP contribution in [0.1, 0.15) is 22.2 Å². The van der Waals surface area contributed by atoms with Crippen LogP contribution >= 0.6 is 57.3 Å². The summed E-state index contributed by atoms with van der Waals surface area (Å²) in [5.41, 5.74) is 1.23. The SMILES string of the molecule is CC(=O)c1cc(I)c(SCc2ccc(Cl)cc2)s1. The Labute approximate surface area is 133 Å². The summed E-state index contributed by atoms with van der Waals surface area (Å²) in [6, 6.07) is 9.82. The Kier molecular flexibility index (Phi) is 5.12. The summed E-state index contributed by atoms with van der Waals surface area (Å²) in [5, 5.41) is 0.758. The first-order valence-corrected chi connectivity index (χ1v) is 8.49. The lowest BCUT2D eigenvalue weighted by Gasteiger charge is -2.00. The Balaban J connectivity index is 2.06. The second kappa shape index (κ2) is 6.41. The first kappa shape index (κ1) is 14.4. The van der Waals surface area contributed by atoms with E-state index in [0.29, 0.717) is 0 Å². The summed E-state index contributed by atoms with van der Waals surface area (Å²) in [6.45, 7) is 1.61. The van der Waals surface area contributed by atoms with Gasteiger partial charge < -0.3 is 0 Å². The molecule has 0 N–H and O–H groups in total. The fraction of sp³-hybridized carbons (Fsp3) is 0.154. The number of carbonyl (C=O) groups is 1. The van der Waals surface area contributed by atoms with Crippen molar-refractivity contribution >= 4 is 63.1 Å². The maximum absolute atomic E-state index is 11.3. The van der Waals surface area contributed by atoms with E-state index in [9.17, 15) is 4.79 Å². The lowest BCUT2D eigenvalue weighted by atomic mass is 10.2. The number of halogens is 2. The minimum absolute atomic E-state index is 0.135. The molecule has 0 amide bonds. The molecule has 0 fully saturated rings.